The average molecular weight is 235 g/mol. The minimum absolute atomic E-state index is 0.115. The van der Waals surface area contributed by atoms with Crippen LogP contribution in [0.15, 0.2) is 23.7 Å². The molecule has 16 heavy (non-hydrogen) atoms. The van der Waals surface area contributed by atoms with Crippen molar-refractivity contribution in [3.05, 3.63) is 29.4 Å². The molecule has 0 bridgehead atoms. The number of rotatable bonds is 4. The summed E-state index contributed by atoms with van der Waals surface area (Å²) in [7, 11) is 0. The summed E-state index contributed by atoms with van der Waals surface area (Å²) in [5.41, 5.74) is 8.06. The van der Waals surface area contributed by atoms with Gasteiger partial charge in [-0.25, -0.2) is 4.98 Å². The van der Waals surface area contributed by atoms with Crippen LogP contribution in [0.5, 0.6) is 0 Å². The third-order valence-corrected chi connectivity index (χ3v) is 3.33. The molecule has 0 unspecified atom stereocenters. The Kier molecular flexibility index (Phi) is 3.12. The number of hydrogen-bond acceptors (Lipinski definition) is 3. The van der Waals surface area contributed by atoms with Crippen LogP contribution in [0.1, 0.15) is 26.0 Å². The molecule has 4 heteroatoms. The van der Waals surface area contributed by atoms with Gasteiger partial charge in [0.2, 0.25) is 0 Å². The normalized spacial score (nSPS) is 11.9. The first-order valence-electron chi connectivity index (χ1n) is 5.42. The number of nitrogens with one attached hydrogen (secondary N) is 1. The van der Waals surface area contributed by atoms with Crippen molar-refractivity contribution in [2.75, 3.05) is 0 Å². The highest BCUT2D eigenvalue weighted by Gasteiger charge is 2.12. The van der Waals surface area contributed by atoms with Crippen LogP contribution in [-0.4, -0.2) is 15.5 Å². The van der Waals surface area contributed by atoms with Gasteiger partial charge in [0.25, 0.3) is 0 Å². The van der Waals surface area contributed by atoms with E-state index in [2.05, 4.69) is 15.3 Å². The van der Waals surface area contributed by atoms with Crippen LogP contribution >= 0.6 is 11.3 Å². The van der Waals surface area contributed by atoms with E-state index in [0.29, 0.717) is 0 Å². The van der Waals surface area contributed by atoms with Gasteiger partial charge in [-0.3, -0.25) is 0 Å². The summed E-state index contributed by atoms with van der Waals surface area (Å²) in [6, 6.07) is 4.02. The van der Waals surface area contributed by atoms with E-state index in [1.807, 2.05) is 32.2 Å². The molecule has 0 saturated heterocycles. The Morgan fingerprint density at radius 2 is 2.31 bits per heavy atom. The van der Waals surface area contributed by atoms with Gasteiger partial charge in [-0.2, -0.15) is 0 Å². The Bertz CT molecular complexity index is 437. The van der Waals surface area contributed by atoms with E-state index in [1.54, 1.807) is 11.3 Å². The van der Waals surface area contributed by atoms with Crippen LogP contribution in [0.3, 0.4) is 0 Å². The van der Waals surface area contributed by atoms with Crippen molar-refractivity contribution >= 4 is 11.3 Å². The van der Waals surface area contributed by atoms with Gasteiger partial charge in [0.15, 0.2) is 0 Å². The first-order chi connectivity index (χ1) is 7.54. The number of hydrogen-bond donors (Lipinski definition) is 2. The largest absolute Gasteiger partial charge is 0.359 e. The monoisotopic (exact) mass is 235 g/mol. The minimum Gasteiger partial charge on any atom is -0.359 e. The quantitative estimate of drug-likeness (QED) is 0.856. The molecule has 2 heterocycles. The van der Waals surface area contributed by atoms with E-state index in [-0.39, 0.29) is 5.54 Å². The number of aromatic nitrogens is 2. The first-order valence-corrected chi connectivity index (χ1v) is 6.30. The second kappa shape index (κ2) is 4.39. The molecule has 2 aromatic heterocycles. The van der Waals surface area contributed by atoms with Crippen molar-refractivity contribution in [2.45, 2.75) is 32.2 Å². The number of nitrogens with zero attached hydrogens (tertiary/aromatic N) is 1. The Morgan fingerprint density at radius 1 is 1.50 bits per heavy atom. The van der Waals surface area contributed by atoms with Crippen LogP contribution in [0, 0.1) is 0 Å². The predicted molar refractivity (Wildman–Crippen MR) is 68.5 cm³/mol. The lowest BCUT2D eigenvalue weighted by atomic mass is 9.99. The SMILES string of the molecule is CC(C)(N)CCc1csc(-c2ccc[nH]2)n1. The lowest BCUT2D eigenvalue weighted by Crippen LogP contribution is -2.32. The lowest BCUT2D eigenvalue weighted by molar-refractivity contribution is 0.475. The lowest BCUT2D eigenvalue weighted by Gasteiger charge is -2.16. The number of H-pyrrole nitrogens is 1. The Hall–Kier alpha value is -1.13. The van der Waals surface area contributed by atoms with Gasteiger partial charge in [0.1, 0.15) is 5.01 Å². The van der Waals surface area contributed by atoms with Crippen molar-refractivity contribution < 1.29 is 0 Å². The van der Waals surface area contributed by atoms with E-state index in [0.717, 1.165) is 29.2 Å². The maximum Gasteiger partial charge on any atom is 0.139 e. The first kappa shape index (κ1) is 11.4. The van der Waals surface area contributed by atoms with E-state index in [9.17, 15) is 0 Å². The third kappa shape index (κ3) is 2.93. The fraction of sp³-hybridized carbons (Fsp3) is 0.417. The highest BCUT2D eigenvalue weighted by molar-refractivity contribution is 7.13. The fourth-order valence-corrected chi connectivity index (χ4v) is 2.30. The number of nitrogens with two attached hydrogens (primary N) is 1. The summed E-state index contributed by atoms with van der Waals surface area (Å²) >= 11 is 1.67. The third-order valence-electron chi connectivity index (χ3n) is 2.41. The van der Waals surface area contributed by atoms with Crippen molar-refractivity contribution in [3.8, 4) is 10.7 Å². The number of aryl methyl sites for hydroxylation is 1. The van der Waals surface area contributed by atoms with E-state index >= 15 is 0 Å². The molecular weight excluding hydrogens is 218 g/mol. The Balaban J connectivity index is 2.03. The Morgan fingerprint density at radius 3 is 2.94 bits per heavy atom. The molecule has 3 N–H and O–H groups in total. The molecule has 0 aromatic carbocycles. The Labute approximate surface area is 99.7 Å². The van der Waals surface area contributed by atoms with Gasteiger partial charge in [-0.1, -0.05) is 0 Å². The van der Waals surface area contributed by atoms with Crippen molar-refractivity contribution in [1.82, 2.24) is 9.97 Å². The second-order valence-electron chi connectivity index (χ2n) is 4.72. The van der Waals surface area contributed by atoms with Gasteiger partial charge in [0, 0.05) is 17.1 Å². The van der Waals surface area contributed by atoms with E-state index in [1.165, 1.54) is 0 Å². The molecule has 0 aliphatic carbocycles. The maximum absolute atomic E-state index is 5.95. The minimum atomic E-state index is -0.115. The van der Waals surface area contributed by atoms with Crippen molar-refractivity contribution in [2.24, 2.45) is 5.73 Å². The zero-order chi connectivity index (χ0) is 11.6. The molecule has 0 atom stereocenters. The molecule has 86 valence electrons. The summed E-state index contributed by atoms with van der Waals surface area (Å²) in [6.45, 7) is 4.09. The standard InChI is InChI=1S/C12H17N3S/c1-12(2,13)6-5-9-8-16-11(15-9)10-4-3-7-14-10/h3-4,7-8,14H,5-6,13H2,1-2H3. The molecule has 0 saturated carbocycles. The van der Waals surface area contributed by atoms with Gasteiger partial charge in [-0.05, 0) is 38.8 Å². The van der Waals surface area contributed by atoms with Crippen LogP contribution in [0.25, 0.3) is 10.7 Å². The van der Waals surface area contributed by atoms with Crippen LogP contribution in [0.4, 0.5) is 0 Å². The summed E-state index contributed by atoms with van der Waals surface area (Å²) < 4.78 is 0. The molecule has 2 rings (SSSR count). The van der Waals surface area contributed by atoms with Gasteiger partial charge >= 0.3 is 0 Å². The smallest absolute Gasteiger partial charge is 0.139 e. The zero-order valence-corrected chi connectivity index (χ0v) is 10.5. The van der Waals surface area contributed by atoms with Gasteiger partial charge < -0.3 is 10.7 Å². The summed E-state index contributed by atoms with van der Waals surface area (Å²) in [4.78, 5) is 7.75. The highest BCUT2D eigenvalue weighted by Crippen LogP contribution is 2.23. The maximum atomic E-state index is 5.95. The average Bonchev–Trinajstić information content (AvgIpc) is 2.84. The molecule has 0 amide bonds. The topological polar surface area (TPSA) is 54.7 Å². The van der Waals surface area contributed by atoms with E-state index in [4.69, 9.17) is 5.73 Å². The van der Waals surface area contributed by atoms with E-state index < -0.39 is 0 Å². The molecule has 2 aromatic rings. The predicted octanol–water partition coefficient (Wildman–Crippen LogP) is 2.81. The molecule has 0 spiro atoms. The van der Waals surface area contributed by atoms with Crippen LogP contribution in [-0.2, 0) is 6.42 Å². The summed E-state index contributed by atoms with van der Waals surface area (Å²) in [5, 5.41) is 3.16. The van der Waals surface area contributed by atoms with Crippen molar-refractivity contribution in [1.29, 1.82) is 0 Å². The number of thiazole rings is 1. The van der Waals surface area contributed by atoms with Gasteiger partial charge in [0.05, 0.1) is 11.4 Å². The molecule has 3 nitrogen and oxygen atoms in total. The fourth-order valence-electron chi connectivity index (χ4n) is 1.46. The second-order valence-corrected chi connectivity index (χ2v) is 5.57. The zero-order valence-electron chi connectivity index (χ0n) is 9.66. The molecule has 0 radical (unpaired) electrons. The molecular formula is C12H17N3S. The molecule has 0 aliphatic heterocycles. The molecule has 0 aliphatic rings. The summed E-state index contributed by atoms with van der Waals surface area (Å²) in [6.07, 6.45) is 3.82. The molecule has 0 fully saturated rings. The summed E-state index contributed by atoms with van der Waals surface area (Å²) in [5.74, 6) is 0. The van der Waals surface area contributed by atoms with Crippen LogP contribution < -0.4 is 5.73 Å². The number of aromatic amines is 1. The van der Waals surface area contributed by atoms with Crippen LogP contribution in [0.2, 0.25) is 0 Å². The van der Waals surface area contributed by atoms with Gasteiger partial charge in [-0.15, -0.1) is 11.3 Å². The van der Waals surface area contributed by atoms with Crippen molar-refractivity contribution in [3.63, 3.8) is 0 Å². The highest BCUT2D eigenvalue weighted by atomic mass is 32.1.